The topological polar surface area (TPSA) is 0 Å². The van der Waals surface area contributed by atoms with E-state index in [4.69, 9.17) is 0 Å². The van der Waals surface area contributed by atoms with Crippen molar-refractivity contribution < 1.29 is 4.39 Å². The Hall–Kier alpha value is -1.63. The highest BCUT2D eigenvalue weighted by Crippen LogP contribution is 2.39. The summed E-state index contributed by atoms with van der Waals surface area (Å²) in [5.41, 5.74) is 5.81. The van der Waals surface area contributed by atoms with Crippen LogP contribution in [0.5, 0.6) is 0 Å². The average Bonchev–Trinajstić information content (AvgIpc) is 2.93. The van der Waals surface area contributed by atoms with Crippen molar-refractivity contribution >= 4 is 0 Å². The van der Waals surface area contributed by atoms with Gasteiger partial charge in [0.1, 0.15) is 0 Å². The van der Waals surface area contributed by atoms with Gasteiger partial charge in [0.15, 0.2) is 0 Å². The first-order valence-corrected chi connectivity index (χ1v) is 15.0. The van der Waals surface area contributed by atoms with Gasteiger partial charge in [0.05, 0.1) is 6.67 Å². The quantitative estimate of drug-likeness (QED) is 0.267. The molecule has 192 valence electrons. The lowest BCUT2D eigenvalue weighted by Crippen LogP contribution is -2.13. The van der Waals surface area contributed by atoms with Crippen LogP contribution in [-0.2, 0) is 0 Å². The monoisotopic (exact) mass is 476 g/mol. The number of hydrogen-bond acceptors (Lipinski definition) is 0. The number of unbranched alkanes of at least 4 members (excludes halogenated alkanes) is 5. The Balaban J connectivity index is 1.19. The predicted octanol–water partition coefficient (Wildman–Crippen LogP) is 11.0. The van der Waals surface area contributed by atoms with Crippen LogP contribution < -0.4 is 0 Å². The molecule has 1 heteroatoms. The third-order valence-corrected chi connectivity index (χ3v) is 9.36. The lowest BCUT2D eigenvalue weighted by Gasteiger charge is -2.29. The molecular weight excluding hydrogens is 427 g/mol. The van der Waals surface area contributed by atoms with Crippen LogP contribution in [0.15, 0.2) is 48.5 Å². The van der Waals surface area contributed by atoms with Crippen LogP contribution >= 0.6 is 0 Å². The van der Waals surface area contributed by atoms with Crippen LogP contribution in [-0.4, -0.2) is 6.67 Å². The molecule has 2 aliphatic rings. The average molecular weight is 477 g/mol. The fourth-order valence-electron chi connectivity index (χ4n) is 6.82. The SMILES string of the molecule is CC[C@H]1CC[C@H](c2ccc(-c3ccc([C@H]4CC[C@H](CCCCCCCCF)CC4)cc3)cc2)CC1. The molecule has 0 amide bonds. The van der Waals surface area contributed by atoms with Crippen LogP contribution in [0.2, 0.25) is 0 Å². The standard InChI is InChI=1S/C34H49F/c1-2-27-10-14-29(15-11-27)31-18-22-33(23-19-31)34-24-20-32(21-25-34)30-16-12-28(13-17-30)9-7-5-3-4-6-8-26-35/h18-25,27-30H,2-17,26H2,1H3/t27-,28-,29-,30-. The van der Waals surface area contributed by atoms with E-state index < -0.39 is 0 Å². The van der Waals surface area contributed by atoms with Crippen molar-refractivity contribution in [1.82, 2.24) is 0 Å². The zero-order valence-corrected chi connectivity index (χ0v) is 22.3. The van der Waals surface area contributed by atoms with E-state index in [1.54, 1.807) is 11.1 Å². The van der Waals surface area contributed by atoms with Crippen LogP contribution in [0.25, 0.3) is 11.1 Å². The molecule has 2 aromatic rings. The van der Waals surface area contributed by atoms with Crippen LogP contribution in [0.3, 0.4) is 0 Å². The van der Waals surface area contributed by atoms with Crippen LogP contribution in [0.1, 0.15) is 133 Å². The molecule has 2 aromatic carbocycles. The smallest absolute Gasteiger partial charge is 0.0894 e. The summed E-state index contributed by atoms with van der Waals surface area (Å²) in [7, 11) is 0. The highest BCUT2D eigenvalue weighted by molar-refractivity contribution is 5.64. The van der Waals surface area contributed by atoms with Gasteiger partial charge in [-0.3, -0.25) is 4.39 Å². The highest BCUT2D eigenvalue weighted by Gasteiger charge is 2.23. The molecule has 0 aromatic heterocycles. The Morgan fingerprint density at radius 3 is 1.43 bits per heavy atom. The van der Waals surface area contributed by atoms with Crippen molar-refractivity contribution in [3.05, 3.63) is 59.7 Å². The van der Waals surface area contributed by atoms with Gasteiger partial charge in [0.2, 0.25) is 0 Å². The third kappa shape index (κ3) is 7.93. The molecule has 0 heterocycles. The molecule has 0 bridgehead atoms. The number of rotatable bonds is 12. The molecule has 2 fully saturated rings. The highest BCUT2D eigenvalue weighted by atomic mass is 19.1. The first-order chi connectivity index (χ1) is 17.3. The predicted molar refractivity (Wildman–Crippen MR) is 150 cm³/mol. The summed E-state index contributed by atoms with van der Waals surface area (Å²) in [6, 6.07) is 19.0. The van der Waals surface area contributed by atoms with Crippen molar-refractivity contribution in [2.45, 2.75) is 121 Å². The van der Waals surface area contributed by atoms with Gasteiger partial charge in [-0.15, -0.1) is 0 Å². The molecule has 0 unspecified atom stereocenters. The van der Waals surface area contributed by atoms with Crippen molar-refractivity contribution in [1.29, 1.82) is 0 Å². The van der Waals surface area contributed by atoms with E-state index in [-0.39, 0.29) is 6.67 Å². The Kier molecular flexibility index (Phi) is 10.7. The van der Waals surface area contributed by atoms with Gasteiger partial charge in [-0.05, 0) is 104 Å². The van der Waals surface area contributed by atoms with E-state index in [1.807, 2.05) is 0 Å². The second-order valence-corrected chi connectivity index (χ2v) is 11.7. The van der Waals surface area contributed by atoms with Crippen molar-refractivity contribution in [3.63, 3.8) is 0 Å². The maximum atomic E-state index is 12.2. The van der Waals surface area contributed by atoms with Gasteiger partial charge in [-0.25, -0.2) is 0 Å². The molecule has 0 atom stereocenters. The van der Waals surface area contributed by atoms with E-state index in [2.05, 4.69) is 55.5 Å². The van der Waals surface area contributed by atoms with Crippen molar-refractivity contribution in [2.75, 3.05) is 6.67 Å². The molecule has 2 saturated carbocycles. The van der Waals surface area contributed by atoms with Crippen molar-refractivity contribution in [2.24, 2.45) is 11.8 Å². The molecule has 4 rings (SSSR count). The maximum absolute atomic E-state index is 12.2. The van der Waals surface area contributed by atoms with Crippen molar-refractivity contribution in [3.8, 4) is 11.1 Å². The van der Waals surface area contributed by atoms with Gasteiger partial charge in [0, 0.05) is 0 Å². The van der Waals surface area contributed by atoms with E-state index in [0.717, 1.165) is 36.5 Å². The first-order valence-electron chi connectivity index (χ1n) is 15.0. The second-order valence-electron chi connectivity index (χ2n) is 11.7. The van der Waals surface area contributed by atoms with Gasteiger partial charge in [-0.2, -0.15) is 0 Å². The number of halogens is 1. The van der Waals surface area contributed by atoms with Gasteiger partial charge >= 0.3 is 0 Å². The molecule has 0 saturated heterocycles. The molecule has 0 N–H and O–H groups in total. The minimum Gasteiger partial charge on any atom is -0.251 e. The van der Waals surface area contributed by atoms with E-state index >= 15 is 0 Å². The summed E-state index contributed by atoms with van der Waals surface area (Å²) < 4.78 is 12.2. The number of hydrogen-bond donors (Lipinski definition) is 0. The molecule has 2 aliphatic carbocycles. The van der Waals surface area contributed by atoms with E-state index in [0.29, 0.717) is 0 Å². The number of alkyl halides is 1. The zero-order valence-electron chi connectivity index (χ0n) is 22.3. The summed E-state index contributed by atoms with van der Waals surface area (Å²) in [5.74, 6) is 3.43. The second kappa shape index (κ2) is 14.2. The Morgan fingerprint density at radius 2 is 0.971 bits per heavy atom. The maximum Gasteiger partial charge on any atom is 0.0894 e. The Bertz CT molecular complexity index is 820. The Labute approximate surface area is 215 Å². The summed E-state index contributed by atoms with van der Waals surface area (Å²) in [4.78, 5) is 0. The molecule has 0 spiro atoms. The minimum absolute atomic E-state index is 0.140. The Morgan fingerprint density at radius 1 is 0.543 bits per heavy atom. The molecule has 0 nitrogen and oxygen atoms in total. The fraction of sp³-hybridized carbons (Fsp3) is 0.647. The van der Waals surface area contributed by atoms with Crippen LogP contribution in [0.4, 0.5) is 4.39 Å². The first kappa shape index (κ1) is 26.4. The lowest BCUT2D eigenvalue weighted by atomic mass is 9.76. The third-order valence-electron chi connectivity index (χ3n) is 9.36. The molecular formula is C34H49F. The summed E-state index contributed by atoms with van der Waals surface area (Å²) in [5, 5.41) is 0. The summed E-state index contributed by atoms with van der Waals surface area (Å²) >= 11 is 0. The van der Waals surface area contributed by atoms with Gasteiger partial charge in [0.25, 0.3) is 0 Å². The minimum atomic E-state index is -0.140. The van der Waals surface area contributed by atoms with E-state index in [9.17, 15) is 4.39 Å². The molecule has 0 aliphatic heterocycles. The van der Waals surface area contributed by atoms with Gasteiger partial charge in [-0.1, -0.05) is 100 Å². The van der Waals surface area contributed by atoms with E-state index in [1.165, 1.54) is 101 Å². The lowest BCUT2D eigenvalue weighted by molar-refractivity contribution is 0.301. The largest absolute Gasteiger partial charge is 0.251 e. The van der Waals surface area contributed by atoms with Gasteiger partial charge < -0.3 is 0 Å². The molecule has 0 radical (unpaired) electrons. The summed E-state index contributed by atoms with van der Waals surface area (Å²) in [6.45, 7) is 2.21. The summed E-state index contributed by atoms with van der Waals surface area (Å²) in [6.07, 6.45) is 20.9. The van der Waals surface area contributed by atoms with Crippen LogP contribution in [0, 0.1) is 11.8 Å². The number of benzene rings is 2. The fourth-order valence-corrected chi connectivity index (χ4v) is 6.82. The normalized spacial score (nSPS) is 25.0. The zero-order chi connectivity index (χ0) is 24.3. The molecule has 35 heavy (non-hydrogen) atoms.